The van der Waals surface area contributed by atoms with Crippen molar-refractivity contribution in [1.82, 2.24) is 0 Å². The highest BCUT2D eigenvalue weighted by Crippen LogP contribution is 2.30. The largest absolute Gasteiger partial charge is 0.507 e. The van der Waals surface area contributed by atoms with Crippen LogP contribution in [0.15, 0.2) is 39.5 Å². The number of para-hydroxylation sites is 1. The summed E-state index contributed by atoms with van der Waals surface area (Å²) in [4.78, 5) is 23.6. The van der Waals surface area contributed by atoms with Crippen LogP contribution < -0.4 is 5.43 Å². The highest BCUT2D eigenvalue weighted by Gasteiger charge is 2.20. The van der Waals surface area contributed by atoms with E-state index in [2.05, 4.69) is 0 Å². The van der Waals surface area contributed by atoms with Crippen LogP contribution in [0.1, 0.15) is 10.4 Å². The second kappa shape index (κ2) is 3.99. The normalized spacial score (nSPS) is 11.0. The summed E-state index contributed by atoms with van der Waals surface area (Å²) in [5, 5.41) is 28.3. The maximum Gasteiger partial charge on any atom is 0.340 e. The average Bonchev–Trinajstić information content (AvgIpc) is 2.40. The topological polar surface area (TPSA) is 108 Å². The molecule has 3 aromatic rings. The van der Waals surface area contributed by atoms with Gasteiger partial charge in [0.15, 0.2) is 11.3 Å². The first kappa shape index (κ1) is 12.0. The minimum atomic E-state index is -1.43. The van der Waals surface area contributed by atoms with E-state index in [9.17, 15) is 19.8 Å². The van der Waals surface area contributed by atoms with Gasteiger partial charge in [-0.1, -0.05) is 6.07 Å². The minimum Gasteiger partial charge on any atom is -0.507 e. The first-order chi connectivity index (χ1) is 9.50. The van der Waals surface area contributed by atoms with Crippen LogP contribution in [-0.4, -0.2) is 21.3 Å². The molecule has 100 valence electrons. The molecule has 0 saturated heterocycles. The standard InChI is InChI=1S/C14H8O6/c15-7-4-5-9-11(10(7)14(18)19)12(17)6-2-1-3-8(16)13(6)20-9/h1-5,15-16H,(H,18,19). The third-order valence-electron chi connectivity index (χ3n) is 3.04. The molecule has 3 rings (SSSR count). The molecule has 0 aliphatic carbocycles. The van der Waals surface area contributed by atoms with Gasteiger partial charge >= 0.3 is 5.97 Å². The molecule has 0 unspecified atom stereocenters. The maximum atomic E-state index is 12.4. The second-order valence-corrected chi connectivity index (χ2v) is 4.22. The summed E-state index contributed by atoms with van der Waals surface area (Å²) >= 11 is 0. The van der Waals surface area contributed by atoms with Gasteiger partial charge in [0.05, 0.1) is 10.8 Å². The van der Waals surface area contributed by atoms with Crippen LogP contribution >= 0.6 is 0 Å². The summed E-state index contributed by atoms with van der Waals surface area (Å²) in [6, 6.07) is 6.63. The van der Waals surface area contributed by atoms with E-state index in [4.69, 9.17) is 9.52 Å². The van der Waals surface area contributed by atoms with Crippen molar-refractivity contribution >= 4 is 27.9 Å². The Morgan fingerprint density at radius 3 is 2.50 bits per heavy atom. The summed E-state index contributed by atoms with van der Waals surface area (Å²) < 4.78 is 5.38. The zero-order valence-corrected chi connectivity index (χ0v) is 9.95. The van der Waals surface area contributed by atoms with Gasteiger partial charge in [0, 0.05) is 0 Å². The first-order valence-electron chi connectivity index (χ1n) is 5.64. The van der Waals surface area contributed by atoms with Gasteiger partial charge in [-0.05, 0) is 24.3 Å². The number of carboxylic acids is 1. The van der Waals surface area contributed by atoms with Crippen LogP contribution in [0.2, 0.25) is 0 Å². The van der Waals surface area contributed by atoms with Crippen LogP contribution in [0.5, 0.6) is 11.5 Å². The molecule has 0 aliphatic rings. The Bertz CT molecular complexity index is 922. The molecule has 2 aromatic carbocycles. The molecule has 6 nitrogen and oxygen atoms in total. The summed E-state index contributed by atoms with van der Waals surface area (Å²) in [6.07, 6.45) is 0. The lowest BCUT2D eigenvalue weighted by molar-refractivity contribution is 0.0696. The van der Waals surface area contributed by atoms with Crippen molar-refractivity contribution in [3.05, 3.63) is 46.1 Å². The quantitative estimate of drug-likeness (QED) is 0.585. The number of carboxylic acid groups (broad SMARTS) is 1. The third-order valence-corrected chi connectivity index (χ3v) is 3.04. The molecule has 0 aliphatic heterocycles. The Balaban J connectivity index is 2.65. The number of phenolic OH excluding ortho intramolecular Hbond substituents is 1. The van der Waals surface area contributed by atoms with Gasteiger partial charge in [0.2, 0.25) is 5.43 Å². The fourth-order valence-electron chi connectivity index (χ4n) is 2.16. The monoisotopic (exact) mass is 272 g/mol. The van der Waals surface area contributed by atoms with Crippen LogP contribution in [0.4, 0.5) is 0 Å². The van der Waals surface area contributed by atoms with Gasteiger partial charge in [0.25, 0.3) is 0 Å². The van der Waals surface area contributed by atoms with Gasteiger partial charge in [-0.3, -0.25) is 4.79 Å². The smallest absolute Gasteiger partial charge is 0.340 e. The van der Waals surface area contributed by atoms with Crippen molar-refractivity contribution in [1.29, 1.82) is 0 Å². The number of rotatable bonds is 1. The lowest BCUT2D eigenvalue weighted by atomic mass is 10.1. The Morgan fingerprint density at radius 2 is 1.80 bits per heavy atom. The molecule has 0 saturated carbocycles. The van der Waals surface area contributed by atoms with E-state index >= 15 is 0 Å². The van der Waals surface area contributed by atoms with E-state index < -0.39 is 22.7 Å². The van der Waals surface area contributed by atoms with Crippen molar-refractivity contribution in [2.24, 2.45) is 0 Å². The fraction of sp³-hybridized carbons (Fsp3) is 0. The number of fused-ring (bicyclic) bond motifs is 2. The van der Waals surface area contributed by atoms with Crippen LogP contribution in [0, 0.1) is 0 Å². The minimum absolute atomic E-state index is 0.0146. The molecule has 0 fully saturated rings. The number of carbonyl (C=O) groups is 1. The van der Waals surface area contributed by atoms with E-state index in [0.717, 1.165) is 6.07 Å². The Labute approximate surface area is 111 Å². The molecule has 0 bridgehead atoms. The number of hydrogen-bond acceptors (Lipinski definition) is 5. The van der Waals surface area contributed by atoms with Crippen molar-refractivity contribution in [2.45, 2.75) is 0 Å². The predicted molar refractivity (Wildman–Crippen MR) is 70.3 cm³/mol. The first-order valence-corrected chi connectivity index (χ1v) is 5.64. The van der Waals surface area contributed by atoms with E-state index in [1.165, 1.54) is 24.3 Å². The Morgan fingerprint density at radius 1 is 1.05 bits per heavy atom. The summed E-state index contributed by atoms with van der Waals surface area (Å²) in [5.74, 6) is -2.16. The van der Waals surface area contributed by atoms with Crippen LogP contribution in [-0.2, 0) is 0 Å². The lowest BCUT2D eigenvalue weighted by Crippen LogP contribution is -2.09. The molecule has 0 amide bonds. The zero-order chi connectivity index (χ0) is 14.4. The van der Waals surface area contributed by atoms with Crippen LogP contribution in [0.3, 0.4) is 0 Å². The van der Waals surface area contributed by atoms with Crippen molar-refractivity contribution in [3.63, 3.8) is 0 Å². The molecular formula is C14H8O6. The maximum absolute atomic E-state index is 12.4. The molecule has 1 heterocycles. The highest BCUT2D eigenvalue weighted by molar-refractivity contribution is 6.07. The molecule has 0 radical (unpaired) electrons. The van der Waals surface area contributed by atoms with Gasteiger partial charge in [0.1, 0.15) is 16.9 Å². The number of aromatic carboxylic acids is 1. The van der Waals surface area contributed by atoms with Gasteiger partial charge in [-0.15, -0.1) is 0 Å². The summed E-state index contributed by atoms with van der Waals surface area (Å²) in [7, 11) is 0. The molecule has 0 atom stereocenters. The number of benzene rings is 2. The molecule has 6 heteroatoms. The van der Waals surface area contributed by atoms with Crippen molar-refractivity contribution in [2.75, 3.05) is 0 Å². The summed E-state index contributed by atoms with van der Waals surface area (Å²) in [6.45, 7) is 0. The van der Waals surface area contributed by atoms with Crippen molar-refractivity contribution < 1.29 is 24.5 Å². The Hall–Kier alpha value is -3.02. The van der Waals surface area contributed by atoms with Crippen molar-refractivity contribution in [3.8, 4) is 11.5 Å². The zero-order valence-electron chi connectivity index (χ0n) is 9.95. The number of aromatic hydroxyl groups is 2. The Kier molecular flexibility index (Phi) is 2.40. The predicted octanol–water partition coefficient (Wildman–Crippen LogP) is 2.06. The molecule has 1 aromatic heterocycles. The lowest BCUT2D eigenvalue weighted by Gasteiger charge is -2.06. The SMILES string of the molecule is O=C(O)c1c(O)ccc2oc3c(O)cccc3c(=O)c12. The second-order valence-electron chi connectivity index (χ2n) is 4.22. The van der Waals surface area contributed by atoms with E-state index in [-0.39, 0.29) is 27.7 Å². The van der Waals surface area contributed by atoms with Gasteiger partial charge in [-0.25, -0.2) is 4.79 Å². The number of hydrogen-bond donors (Lipinski definition) is 3. The molecule has 0 spiro atoms. The highest BCUT2D eigenvalue weighted by atomic mass is 16.4. The van der Waals surface area contributed by atoms with Gasteiger partial charge in [-0.2, -0.15) is 0 Å². The van der Waals surface area contributed by atoms with E-state index in [1.54, 1.807) is 0 Å². The molecule has 20 heavy (non-hydrogen) atoms. The van der Waals surface area contributed by atoms with E-state index in [0.29, 0.717) is 0 Å². The van der Waals surface area contributed by atoms with Gasteiger partial charge < -0.3 is 19.7 Å². The summed E-state index contributed by atoms with van der Waals surface area (Å²) in [5.41, 5.74) is -1.17. The number of phenols is 2. The van der Waals surface area contributed by atoms with E-state index in [1.807, 2.05) is 0 Å². The third kappa shape index (κ3) is 1.51. The molecular weight excluding hydrogens is 264 g/mol. The molecule has 3 N–H and O–H groups in total. The fourth-order valence-corrected chi connectivity index (χ4v) is 2.16. The van der Waals surface area contributed by atoms with Crippen LogP contribution in [0.25, 0.3) is 21.9 Å². The average molecular weight is 272 g/mol.